The zero-order valence-electron chi connectivity index (χ0n) is 14.9. The van der Waals surface area contributed by atoms with Crippen molar-refractivity contribution >= 4 is 17.8 Å². The number of halogens is 3. The van der Waals surface area contributed by atoms with Crippen LogP contribution in [-0.2, 0) is 0 Å². The summed E-state index contributed by atoms with van der Waals surface area (Å²) in [6, 6.07) is 5.96. The second kappa shape index (κ2) is 8.35. The van der Waals surface area contributed by atoms with Gasteiger partial charge in [-0.25, -0.2) is 18.2 Å². The molecule has 27 heavy (non-hydrogen) atoms. The molecule has 142 valence electrons. The molecule has 2 aromatic rings. The maximum absolute atomic E-state index is 13.7. The minimum absolute atomic E-state index is 0.170. The molecule has 1 aliphatic heterocycles. The Balaban J connectivity index is 1.74. The molecule has 0 radical (unpaired) electrons. The molecule has 4 nitrogen and oxygen atoms in total. The molecule has 1 aromatic heterocycles. The molecule has 0 saturated carbocycles. The zero-order valence-corrected chi connectivity index (χ0v) is 14.9. The number of carbonyl (C=O) groups excluding carboxylic acids is 1. The summed E-state index contributed by atoms with van der Waals surface area (Å²) in [7, 11) is 0. The van der Waals surface area contributed by atoms with Crippen LogP contribution < -0.4 is 5.32 Å². The number of benzene rings is 1. The number of amides is 1. The van der Waals surface area contributed by atoms with Crippen LogP contribution in [0.15, 0.2) is 35.9 Å². The molecule has 1 fully saturated rings. The molecule has 0 atom stereocenters. The van der Waals surface area contributed by atoms with Crippen LogP contribution in [-0.4, -0.2) is 35.4 Å². The van der Waals surface area contributed by atoms with Gasteiger partial charge in [-0.15, -0.1) is 0 Å². The molecule has 1 aliphatic rings. The lowest BCUT2D eigenvalue weighted by Crippen LogP contribution is -2.30. The molecule has 1 aromatic carbocycles. The Labute approximate surface area is 155 Å². The van der Waals surface area contributed by atoms with Crippen molar-refractivity contribution in [3.8, 4) is 0 Å². The van der Waals surface area contributed by atoms with E-state index in [0.29, 0.717) is 17.8 Å². The van der Waals surface area contributed by atoms with Gasteiger partial charge in [0.15, 0.2) is 0 Å². The smallest absolute Gasteiger partial charge is 0.262 e. The second-order valence-corrected chi connectivity index (χ2v) is 6.38. The summed E-state index contributed by atoms with van der Waals surface area (Å²) in [4.78, 5) is 18.8. The number of rotatable bonds is 4. The van der Waals surface area contributed by atoms with Crippen molar-refractivity contribution < 1.29 is 18.0 Å². The number of pyridine rings is 1. The van der Waals surface area contributed by atoms with E-state index in [0.717, 1.165) is 32.5 Å². The summed E-state index contributed by atoms with van der Waals surface area (Å²) in [6.45, 7) is 5.17. The summed E-state index contributed by atoms with van der Waals surface area (Å²) >= 11 is 0. The Morgan fingerprint density at radius 1 is 1.19 bits per heavy atom. The van der Waals surface area contributed by atoms with E-state index in [1.165, 1.54) is 11.6 Å². The minimum Gasteiger partial charge on any atom is -0.306 e. The van der Waals surface area contributed by atoms with Crippen molar-refractivity contribution in [2.75, 3.05) is 25.0 Å². The van der Waals surface area contributed by atoms with Crippen LogP contribution in [0.5, 0.6) is 0 Å². The summed E-state index contributed by atoms with van der Waals surface area (Å²) < 4.78 is 40.5. The maximum Gasteiger partial charge on any atom is 0.262 e. The lowest BCUT2D eigenvalue weighted by Gasteiger charge is -2.26. The third-order valence-electron chi connectivity index (χ3n) is 4.54. The molecule has 1 N–H and O–H groups in total. The van der Waals surface area contributed by atoms with Gasteiger partial charge in [0.05, 0.1) is 5.69 Å². The lowest BCUT2D eigenvalue weighted by atomic mass is 10.0. The van der Waals surface area contributed by atoms with E-state index in [2.05, 4.69) is 22.1 Å². The van der Waals surface area contributed by atoms with Gasteiger partial charge in [0.2, 0.25) is 0 Å². The maximum atomic E-state index is 13.7. The molecular weight excluding hydrogens is 355 g/mol. The summed E-state index contributed by atoms with van der Waals surface area (Å²) in [5.41, 5.74) is 1.09. The Kier molecular flexibility index (Phi) is 5.91. The molecule has 0 bridgehead atoms. The van der Waals surface area contributed by atoms with Crippen LogP contribution in [0.4, 0.5) is 19.0 Å². The molecule has 0 unspecified atom stereocenters. The normalized spacial score (nSPS) is 14.9. The van der Waals surface area contributed by atoms with Gasteiger partial charge in [-0.3, -0.25) is 4.79 Å². The first kappa shape index (κ1) is 19.1. The van der Waals surface area contributed by atoms with Crippen LogP contribution in [0.1, 0.15) is 35.8 Å². The average molecular weight is 375 g/mol. The molecule has 0 aliphatic carbocycles. The number of anilines is 1. The Bertz CT molecular complexity index is 850. The average Bonchev–Trinajstić information content (AvgIpc) is 2.62. The van der Waals surface area contributed by atoms with Gasteiger partial charge in [-0.2, -0.15) is 0 Å². The molecule has 3 rings (SSSR count). The number of carbonyl (C=O) groups is 1. The molecule has 2 heterocycles. The minimum atomic E-state index is -1.26. The Morgan fingerprint density at radius 3 is 2.48 bits per heavy atom. The molecule has 0 spiro atoms. The third-order valence-corrected chi connectivity index (χ3v) is 4.54. The quantitative estimate of drug-likeness (QED) is 0.869. The zero-order chi connectivity index (χ0) is 19.4. The van der Waals surface area contributed by atoms with Crippen molar-refractivity contribution in [2.24, 2.45) is 0 Å². The molecule has 1 saturated heterocycles. The van der Waals surface area contributed by atoms with Crippen molar-refractivity contribution in [2.45, 2.75) is 19.8 Å². The van der Waals surface area contributed by atoms with E-state index in [9.17, 15) is 18.0 Å². The number of hydrogen-bond acceptors (Lipinski definition) is 3. The number of aromatic nitrogens is 1. The van der Waals surface area contributed by atoms with Crippen molar-refractivity contribution in [3.63, 3.8) is 0 Å². The predicted molar refractivity (Wildman–Crippen MR) is 97.8 cm³/mol. The highest BCUT2D eigenvalue weighted by Crippen LogP contribution is 2.20. The van der Waals surface area contributed by atoms with Crippen LogP contribution in [0.3, 0.4) is 0 Å². The number of nitrogens with zero attached hydrogens (tertiary/aromatic N) is 2. The third kappa shape index (κ3) is 4.74. The van der Waals surface area contributed by atoms with E-state index in [1.54, 1.807) is 12.1 Å². The van der Waals surface area contributed by atoms with E-state index >= 15 is 0 Å². The van der Waals surface area contributed by atoms with Crippen molar-refractivity contribution in [1.82, 2.24) is 9.88 Å². The van der Waals surface area contributed by atoms with Gasteiger partial charge in [-0.1, -0.05) is 18.6 Å². The number of piperidine rings is 1. The highest BCUT2D eigenvalue weighted by Gasteiger charge is 2.19. The fourth-order valence-corrected chi connectivity index (χ4v) is 3.05. The standard InChI is InChI=1S/C20H20F3N3O/c1-2-26-8-6-13(7-9-26)10-15-4-3-5-18(24-15)25-20(27)19-16(22)11-14(21)12-17(19)23/h3-5,10-12H,2,6-9H2,1H3,(H,24,25,27). The summed E-state index contributed by atoms with van der Waals surface area (Å²) in [5, 5.41) is 2.36. The first-order valence-corrected chi connectivity index (χ1v) is 8.81. The Hall–Kier alpha value is -2.67. The van der Waals surface area contributed by atoms with Gasteiger partial charge >= 0.3 is 0 Å². The van der Waals surface area contributed by atoms with Crippen LogP contribution in [0, 0.1) is 17.5 Å². The van der Waals surface area contributed by atoms with Gasteiger partial charge in [0, 0.05) is 25.2 Å². The van der Waals surface area contributed by atoms with E-state index in [1.807, 2.05) is 6.08 Å². The number of hydrogen-bond donors (Lipinski definition) is 1. The summed E-state index contributed by atoms with van der Waals surface area (Å²) in [6.07, 6.45) is 3.89. The summed E-state index contributed by atoms with van der Waals surface area (Å²) in [5.74, 6) is -4.44. The Morgan fingerprint density at radius 2 is 1.85 bits per heavy atom. The first-order valence-electron chi connectivity index (χ1n) is 8.81. The van der Waals surface area contributed by atoms with E-state index in [4.69, 9.17) is 0 Å². The lowest BCUT2D eigenvalue weighted by molar-refractivity contribution is 0.101. The van der Waals surface area contributed by atoms with Crippen LogP contribution in [0.25, 0.3) is 6.08 Å². The fourth-order valence-electron chi connectivity index (χ4n) is 3.05. The highest BCUT2D eigenvalue weighted by atomic mass is 19.1. The number of nitrogens with one attached hydrogen (secondary N) is 1. The number of likely N-dealkylation sites (tertiary alicyclic amines) is 1. The van der Waals surface area contributed by atoms with Gasteiger partial charge in [0.25, 0.3) is 5.91 Å². The molecular formula is C20H20F3N3O. The van der Waals surface area contributed by atoms with Crippen LogP contribution >= 0.6 is 0 Å². The van der Waals surface area contributed by atoms with Gasteiger partial charge in [0.1, 0.15) is 28.8 Å². The van der Waals surface area contributed by atoms with Crippen LogP contribution in [0.2, 0.25) is 0 Å². The van der Waals surface area contributed by atoms with Crippen molar-refractivity contribution in [1.29, 1.82) is 0 Å². The largest absolute Gasteiger partial charge is 0.306 e. The van der Waals surface area contributed by atoms with Gasteiger partial charge < -0.3 is 10.2 Å². The van der Waals surface area contributed by atoms with E-state index < -0.39 is 28.9 Å². The topological polar surface area (TPSA) is 45.2 Å². The fraction of sp³-hybridized carbons (Fsp3) is 0.300. The molecule has 7 heteroatoms. The monoisotopic (exact) mass is 375 g/mol. The van der Waals surface area contributed by atoms with Crippen molar-refractivity contribution in [3.05, 3.63) is 64.6 Å². The SMILES string of the molecule is CCN1CCC(=Cc2cccc(NC(=O)c3c(F)cc(F)cc3F)n2)CC1. The molecule has 1 amide bonds. The van der Waals surface area contributed by atoms with Gasteiger partial charge in [-0.05, 0) is 37.6 Å². The second-order valence-electron chi connectivity index (χ2n) is 6.38. The first-order chi connectivity index (χ1) is 13.0. The highest BCUT2D eigenvalue weighted by molar-refractivity contribution is 6.04. The predicted octanol–water partition coefficient (Wildman–Crippen LogP) is 4.25. The van der Waals surface area contributed by atoms with E-state index in [-0.39, 0.29) is 5.82 Å².